The van der Waals surface area contributed by atoms with Crippen molar-refractivity contribution >= 4 is 15.7 Å². The molecular formula is C10H12FN5O2S. The van der Waals surface area contributed by atoms with Crippen LogP contribution in [0.3, 0.4) is 0 Å². The number of pyridine rings is 1. The Bertz CT molecular complexity index is 670. The Labute approximate surface area is 109 Å². The molecule has 7 nitrogen and oxygen atoms in total. The van der Waals surface area contributed by atoms with Gasteiger partial charge < -0.3 is 5.73 Å². The highest BCUT2D eigenvalue weighted by Crippen LogP contribution is 2.08. The summed E-state index contributed by atoms with van der Waals surface area (Å²) in [5.41, 5.74) is 5.97. The Morgan fingerprint density at radius 2 is 2.16 bits per heavy atom. The Balaban J connectivity index is 1.98. The molecular weight excluding hydrogens is 273 g/mol. The zero-order valence-corrected chi connectivity index (χ0v) is 10.6. The predicted octanol–water partition coefficient (Wildman–Crippen LogP) is -0.0221. The van der Waals surface area contributed by atoms with Crippen LogP contribution in [0.25, 0.3) is 0 Å². The number of aromatic nitrogens is 3. The average molecular weight is 285 g/mol. The van der Waals surface area contributed by atoms with Gasteiger partial charge in [-0.25, -0.2) is 17.5 Å². The molecule has 3 N–H and O–H groups in total. The second-order valence-corrected chi connectivity index (χ2v) is 5.54. The molecule has 0 saturated carbocycles. The summed E-state index contributed by atoms with van der Waals surface area (Å²) in [6, 6.07) is 0.904. The minimum Gasteiger partial charge on any atom is -0.396 e. The van der Waals surface area contributed by atoms with Crippen LogP contribution >= 0.6 is 0 Å². The average Bonchev–Trinajstić information content (AvgIpc) is 2.75. The van der Waals surface area contributed by atoms with E-state index in [4.69, 9.17) is 5.73 Å². The minimum atomic E-state index is -3.77. The van der Waals surface area contributed by atoms with Gasteiger partial charge in [0.05, 0.1) is 24.6 Å². The van der Waals surface area contributed by atoms with Gasteiger partial charge in [0.15, 0.2) is 0 Å². The molecule has 0 radical (unpaired) electrons. The largest absolute Gasteiger partial charge is 0.396 e. The van der Waals surface area contributed by atoms with Crippen molar-refractivity contribution in [2.24, 2.45) is 0 Å². The molecule has 9 heteroatoms. The van der Waals surface area contributed by atoms with Gasteiger partial charge in [0, 0.05) is 18.9 Å². The lowest BCUT2D eigenvalue weighted by Crippen LogP contribution is -2.27. The lowest BCUT2D eigenvalue weighted by Gasteiger charge is -2.06. The van der Waals surface area contributed by atoms with E-state index >= 15 is 0 Å². The number of nitrogens with one attached hydrogen (secondary N) is 1. The van der Waals surface area contributed by atoms with Crippen molar-refractivity contribution in [1.82, 2.24) is 19.5 Å². The molecule has 0 bridgehead atoms. The molecule has 0 aliphatic carbocycles. The van der Waals surface area contributed by atoms with Crippen LogP contribution in [0.2, 0.25) is 0 Å². The van der Waals surface area contributed by atoms with E-state index in [9.17, 15) is 12.8 Å². The number of nitrogens with zero attached hydrogens (tertiary/aromatic N) is 3. The monoisotopic (exact) mass is 285 g/mol. The van der Waals surface area contributed by atoms with E-state index in [-0.39, 0.29) is 11.4 Å². The molecule has 0 aliphatic rings. The van der Waals surface area contributed by atoms with Crippen LogP contribution in [0.1, 0.15) is 0 Å². The Kier molecular flexibility index (Phi) is 3.76. The molecule has 0 fully saturated rings. The van der Waals surface area contributed by atoms with E-state index in [1.165, 1.54) is 10.9 Å². The maximum Gasteiger partial charge on any atom is 0.242 e. The fraction of sp³-hybridized carbons (Fsp3) is 0.200. The number of sulfonamides is 1. The summed E-state index contributed by atoms with van der Waals surface area (Å²) in [7, 11) is -3.77. The molecule has 2 aromatic heterocycles. The molecule has 19 heavy (non-hydrogen) atoms. The van der Waals surface area contributed by atoms with Crippen molar-refractivity contribution in [3.63, 3.8) is 0 Å². The summed E-state index contributed by atoms with van der Waals surface area (Å²) in [5, 5.41) is 3.91. The first-order chi connectivity index (χ1) is 8.97. The SMILES string of the molecule is Nc1cnn(CCNS(=O)(=O)c2cncc(F)c2)c1. The van der Waals surface area contributed by atoms with Crippen molar-refractivity contribution in [3.05, 3.63) is 36.7 Å². The van der Waals surface area contributed by atoms with E-state index in [2.05, 4.69) is 14.8 Å². The van der Waals surface area contributed by atoms with Gasteiger partial charge in [-0.2, -0.15) is 5.10 Å². The maximum atomic E-state index is 12.9. The minimum absolute atomic E-state index is 0.111. The van der Waals surface area contributed by atoms with Gasteiger partial charge in [0.1, 0.15) is 10.7 Å². The van der Waals surface area contributed by atoms with Crippen LogP contribution < -0.4 is 10.5 Å². The lowest BCUT2D eigenvalue weighted by molar-refractivity contribution is 0.558. The molecule has 0 spiro atoms. The molecule has 0 aliphatic heterocycles. The van der Waals surface area contributed by atoms with Crippen molar-refractivity contribution in [3.8, 4) is 0 Å². The standard InChI is InChI=1S/C10H12FN5O2S/c11-8-3-10(6-13-4-8)19(17,18)15-1-2-16-7-9(12)5-14-16/h3-7,15H,1-2,12H2. The van der Waals surface area contributed by atoms with E-state index in [0.717, 1.165) is 18.5 Å². The summed E-state index contributed by atoms with van der Waals surface area (Å²) < 4.78 is 40.3. The zero-order valence-electron chi connectivity index (χ0n) is 9.82. The molecule has 0 saturated heterocycles. The van der Waals surface area contributed by atoms with Crippen molar-refractivity contribution in [2.75, 3.05) is 12.3 Å². The Hall–Kier alpha value is -2.00. The third-order valence-electron chi connectivity index (χ3n) is 2.28. The normalized spacial score (nSPS) is 11.6. The number of halogens is 1. The quantitative estimate of drug-likeness (QED) is 0.803. The predicted molar refractivity (Wildman–Crippen MR) is 66.0 cm³/mol. The second-order valence-electron chi connectivity index (χ2n) is 3.77. The summed E-state index contributed by atoms with van der Waals surface area (Å²) in [6.07, 6.45) is 5.06. The zero-order chi connectivity index (χ0) is 13.9. The Morgan fingerprint density at radius 3 is 2.79 bits per heavy atom. The molecule has 2 heterocycles. The topological polar surface area (TPSA) is 103 Å². The third kappa shape index (κ3) is 3.48. The highest BCUT2D eigenvalue weighted by molar-refractivity contribution is 7.89. The highest BCUT2D eigenvalue weighted by atomic mass is 32.2. The first kappa shape index (κ1) is 13.4. The number of hydrogen-bond donors (Lipinski definition) is 2. The van der Waals surface area contributed by atoms with Crippen LogP contribution in [0.4, 0.5) is 10.1 Å². The molecule has 2 rings (SSSR count). The number of rotatable bonds is 5. The number of hydrogen-bond acceptors (Lipinski definition) is 5. The van der Waals surface area contributed by atoms with Gasteiger partial charge in [0.2, 0.25) is 10.0 Å². The van der Waals surface area contributed by atoms with Crippen LogP contribution in [-0.4, -0.2) is 29.7 Å². The van der Waals surface area contributed by atoms with Gasteiger partial charge in [-0.1, -0.05) is 0 Å². The van der Waals surface area contributed by atoms with E-state index < -0.39 is 15.8 Å². The molecule has 0 aromatic carbocycles. The molecule has 0 atom stereocenters. The van der Waals surface area contributed by atoms with Gasteiger partial charge in [0.25, 0.3) is 0 Å². The second kappa shape index (κ2) is 5.33. The van der Waals surface area contributed by atoms with Crippen molar-refractivity contribution in [1.29, 1.82) is 0 Å². The van der Waals surface area contributed by atoms with Crippen LogP contribution in [0.5, 0.6) is 0 Å². The summed E-state index contributed by atoms with van der Waals surface area (Å²) >= 11 is 0. The first-order valence-electron chi connectivity index (χ1n) is 5.35. The van der Waals surface area contributed by atoms with Crippen molar-refractivity contribution < 1.29 is 12.8 Å². The number of anilines is 1. The van der Waals surface area contributed by atoms with E-state index in [1.807, 2.05) is 0 Å². The van der Waals surface area contributed by atoms with Crippen molar-refractivity contribution in [2.45, 2.75) is 11.4 Å². The van der Waals surface area contributed by atoms with E-state index in [1.54, 1.807) is 6.20 Å². The summed E-state index contributed by atoms with van der Waals surface area (Å²) in [5.74, 6) is -0.706. The maximum absolute atomic E-state index is 12.9. The van der Waals surface area contributed by atoms with Crippen LogP contribution in [-0.2, 0) is 16.6 Å². The highest BCUT2D eigenvalue weighted by Gasteiger charge is 2.14. The number of nitrogen functional groups attached to an aromatic ring is 1. The third-order valence-corrected chi connectivity index (χ3v) is 3.70. The van der Waals surface area contributed by atoms with Gasteiger partial charge in [-0.3, -0.25) is 9.67 Å². The number of nitrogens with two attached hydrogens (primary N) is 1. The van der Waals surface area contributed by atoms with Gasteiger partial charge in [-0.05, 0) is 6.07 Å². The molecule has 102 valence electrons. The van der Waals surface area contributed by atoms with Gasteiger partial charge >= 0.3 is 0 Å². The van der Waals surface area contributed by atoms with Crippen LogP contribution in [0.15, 0.2) is 35.7 Å². The molecule has 2 aromatic rings. The fourth-order valence-electron chi connectivity index (χ4n) is 1.42. The lowest BCUT2D eigenvalue weighted by atomic mass is 10.5. The van der Waals surface area contributed by atoms with Crippen LogP contribution in [0, 0.1) is 5.82 Å². The summed E-state index contributed by atoms with van der Waals surface area (Å²) in [4.78, 5) is 3.28. The van der Waals surface area contributed by atoms with E-state index in [0.29, 0.717) is 12.2 Å². The smallest absolute Gasteiger partial charge is 0.242 e. The molecule has 0 unspecified atom stereocenters. The summed E-state index contributed by atoms with van der Waals surface area (Å²) in [6.45, 7) is 0.430. The molecule has 0 amide bonds. The fourth-order valence-corrected chi connectivity index (χ4v) is 2.41. The Morgan fingerprint density at radius 1 is 1.37 bits per heavy atom. The first-order valence-corrected chi connectivity index (χ1v) is 6.84. The van der Waals surface area contributed by atoms with Gasteiger partial charge in [-0.15, -0.1) is 0 Å².